The summed E-state index contributed by atoms with van der Waals surface area (Å²) >= 11 is 0. The fourth-order valence-electron chi connectivity index (χ4n) is 6.05. The minimum Gasteiger partial charge on any atom is -0.477 e. The van der Waals surface area contributed by atoms with Crippen LogP contribution in [0.1, 0.15) is 174 Å². The predicted molar refractivity (Wildman–Crippen MR) is 215 cm³/mol. The van der Waals surface area contributed by atoms with Crippen molar-refractivity contribution in [3.63, 3.8) is 0 Å². The van der Waals surface area contributed by atoms with Crippen LogP contribution in [0.4, 0.5) is 0 Å². The Balaban J connectivity index is 4.26. The average molecular weight is 735 g/mol. The third-order valence-corrected chi connectivity index (χ3v) is 9.30. The lowest BCUT2D eigenvalue weighted by molar-refractivity contribution is -0.887. The molecule has 0 saturated carbocycles. The number of rotatable bonds is 37. The molecule has 0 aromatic carbocycles. The van der Waals surface area contributed by atoms with Gasteiger partial charge in [-0.2, -0.15) is 0 Å². The van der Waals surface area contributed by atoms with Crippen LogP contribution in [-0.2, 0) is 28.6 Å². The van der Waals surface area contributed by atoms with Crippen molar-refractivity contribution in [1.29, 1.82) is 0 Å². The molecule has 0 aromatic rings. The van der Waals surface area contributed by atoms with Crippen LogP contribution in [0.2, 0.25) is 0 Å². The quantitative estimate of drug-likeness (QED) is 0.0293. The van der Waals surface area contributed by atoms with Crippen molar-refractivity contribution in [3.05, 3.63) is 36.5 Å². The molecule has 0 amide bonds. The highest BCUT2D eigenvalue weighted by Gasteiger charge is 2.31. The number of hydrogen-bond acceptors (Lipinski definition) is 6. The Morgan fingerprint density at radius 3 is 1.60 bits per heavy atom. The molecular weight excluding hydrogens is 654 g/mol. The molecule has 0 rings (SSSR count). The minimum absolute atomic E-state index is 0.0518. The molecule has 8 nitrogen and oxygen atoms in total. The molecule has 2 atom stereocenters. The Labute approximate surface area is 319 Å². The number of hydrogen-bond donors (Lipinski definition) is 1. The van der Waals surface area contributed by atoms with Gasteiger partial charge < -0.3 is 23.8 Å². The first-order chi connectivity index (χ1) is 25.1. The van der Waals surface area contributed by atoms with Crippen LogP contribution in [0.3, 0.4) is 0 Å². The summed E-state index contributed by atoms with van der Waals surface area (Å²) in [5, 5.41) is 9.59. The molecular formula is C44H80NO7+. The monoisotopic (exact) mass is 735 g/mol. The van der Waals surface area contributed by atoms with Crippen molar-refractivity contribution in [2.75, 3.05) is 41.0 Å². The summed E-state index contributed by atoms with van der Waals surface area (Å²) < 4.78 is 17.2. The molecule has 0 aliphatic carbocycles. The zero-order valence-electron chi connectivity index (χ0n) is 34.3. The number of carbonyl (C=O) groups is 3. The van der Waals surface area contributed by atoms with E-state index in [0.29, 0.717) is 19.3 Å². The predicted octanol–water partition coefficient (Wildman–Crippen LogP) is 11.1. The second-order valence-corrected chi connectivity index (χ2v) is 15.2. The maximum atomic E-state index is 12.6. The van der Waals surface area contributed by atoms with E-state index >= 15 is 0 Å². The SMILES string of the molecule is CC/C=C/C/C=C/C/C=C/CCCCCCCCCCCC(=O)OCC(COCCC(C(=O)O)[N+](C)(C)C)OC(=O)CCCCCCCCCCC. The highest BCUT2D eigenvalue weighted by atomic mass is 16.6. The second kappa shape index (κ2) is 35.6. The Kier molecular flexibility index (Phi) is 33.9. The van der Waals surface area contributed by atoms with Gasteiger partial charge in [0.25, 0.3) is 0 Å². The third-order valence-electron chi connectivity index (χ3n) is 9.30. The number of aliphatic carboxylic acids is 1. The van der Waals surface area contributed by atoms with Crippen molar-refractivity contribution in [2.24, 2.45) is 0 Å². The lowest BCUT2D eigenvalue weighted by Crippen LogP contribution is -2.50. The number of esters is 2. The zero-order chi connectivity index (χ0) is 38.5. The van der Waals surface area contributed by atoms with E-state index in [1.54, 1.807) is 0 Å². The first-order valence-corrected chi connectivity index (χ1v) is 21.0. The smallest absolute Gasteiger partial charge is 0.362 e. The van der Waals surface area contributed by atoms with Gasteiger partial charge in [0.15, 0.2) is 12.1 Å². The minimum atomic E-state index is -0.876. The Hall–Kier alpha value is -2.45. The van der Waals surface area contributed by atoms with E-state index in [9.17, 15) is 19.5 Å². The van der Waals surface area contributed by atoms with E-state index in [4.69, 9.17) is 14.2 Å². The van der Waals surface area contributed by atoms with Gasteiger partial charge in [-0.15, -0.1) is 0 Å². The maximum Gasteiger partial charge on any atom is 0.362 e. The van der Waals surface area contributed by atoms with E-state index in [0.717, 1.165) is 57.8 Å². The Morgan fingerprint density at radius 1 is 0.596 bits per heavy atom. The van der Waals surface area contributed by atoms with Gasteiger partial charge in [0, 0.05) is 19.3 Å². The van der Waals surface area contributed by atoms with Crippen molar-refractivity contribution < 1.29 is 38.2 Å². The first kappa shape index (κ1) is 49.6. The molecule has 0 aliphatic rings. The van der Waals surface area contributed by atoms with E-state index < -0.39 is 18.1 Å². The van der Waals surface area contributed by atoms with Crippen LogP contribution in [0.25, 0.3) is 0 Å². The molecule has 0 heterocycles. The van der Waals surface area contributed by atoms with Crippen LogP contribution in [0.5, 0.6) is 0 Å². The Morgan fingerprint density at radius 2 is 1.08 bits per heavy atom. The average Bonchev–Trinajstić information content (AvgIpc) is 3.09. The highest BCUT2D eigenvalue weighted by Crippen LogP contribution is 2.14. The molecule has 0 fully saturated rings. The molecule has 0 aromatic heterocycles. The van der Waals surface area contributed by atoms with Gasteiger partial charge in [0.2, 0.25) is 0 Å². The lowest BCUT2D eigenvalue weighted by Gasteiger charge is -2.31. The summed E-state index contributed by atoms with van der Waals surface area (Å²) in [4.78, 5) is 36.8. The van der Waals surface area contributed by atoms with Crippen molar-refractivity contribution in [2.45, 2.75) is 187 Å². The summed E-state index contributed by atoms with van der Waals surface area (Å²) in [6, 6.07) is -0.612. The fourth-order valence-corrected chi connectivity index (χ4v) is 6.05. The van der Waals surface area contributed by atoms with Gasteiger partial charge >= 0.3 is 17.9 Å². The summed E-state index contributed by atoms with van der Waals surface area (Å²) in [6.45, 7) is 4.60. The normalized spacial score (nSPS) is 13.3. The van der Waals surface area contributed by atoms with Gasteiger partial charge in [0.1, 0.15) is 6.61 Å². The van der Waals surface area contributed by atoms with Crippen LogP contribution >= 0.6 is 0 Å². The van der Waals surface area contributed by atoms with Crippen molar-refractivity contribution >= 4 is 17.9 Å². The second-order valence-electron chi connectivity index (χ2n) is 15.2. The van der Waals surface area contributed by atoms with Crippen LogP contribution in [0.15, 0.2) is 36.5 Å². The molecule has 8 heteroatoms. The Bertz CT molecular complexity index is 953. The molecule has 0 spiro atoms. The van der Waals surface area contributed by atoms with E-state index in [1.165, 1.54) is 83.5 Å². The molecule has 0 bridgehead atoms. The first-order valence-electron chi connectivity index (χ1n) is 21.0. The molecule has 302 valence electrons. The van der Waals surface area contributed by atoms with Gasteiger partial charge in [-0.05, 0) is 44.9 Å². The number of carbonyl (C=O) groups excluding carboxylic acids is 2. The van der Waals surface area contributed by atoms with E-state index in [-0.39, 0.29) is 36.2 Å². The number of carboxylic acids is 1. The molecule has 52 heavy (non-hydrogen) atoms. The molecule has 2 unspecified atom stereocenters. The largest absolute Gasteiger partial charge is 0.477 e. The summed E-state index contributed by atoms with van der Waals surface area (Å²) in [5.41, 5.74) is 0. The lowest BCUT2D eigenvalue weighted by atomic mass is 10.1. The van der Waals surface area contributed by atoms with Gasteiger partial charge in [-0.25, -0.2) is 4.79 Å². The summed E-state index contributed by atoms with van der Waals surface area (Å²) in [7, 11) is 5.52. The molecule has 0 aliphatic heterocycles. The number of allylic oxidation sites excluding steroid dienone is 6. The number of carboxylic acid groups (broad SMARTS) is 1. The van der Waals surface area contributed by atoms with Gasteiger partial charge in [-0.3, -0.25) is 9.59 Å². The zero-order valence-corrected chi connectivity index (χ0v) is 34.3. The van der Waals surface area contributed by atoms with Crippen molar-refractivity contribution in [1.82, 2.24) is 0 Å². The van der Waals surface area contributed by atoms with Gasteiger partial charge in [0.05, 0.1) is 34.4 Å². The van der Waals surface area contributed by atoms with E-state index in [1.807, 2.05) is 21.1 Å². The maximum absolute atomic E-state index is 12.6. The van der Waals surface area contributed by atoms with E-state index in [2.05, 4.69) is 50.3 Å². The molecule has 1 N–H and O–H groups in total. The number of nitrogens with zero attached hydrogens (tertiary/aromatic N) is 1. The molecule has 0 radical (unpaired) electrons. The molecule has 0 saturated heterocycles. The number of ether oxygens (including phenoxy) is 3. The highest BCUT2D eigenvalue weighted by molar-refractivity contribution is 5.72. The number of unbranched alkanes of at least 4 members (excludes halogenated alkanes) is 17. The summed E-state index contributed by atoms with van der Waals surface area (Å²) in [6.07, 6.45) is 39.0. The fraction of sp³-hybridized carbons (Fsp3) is 0.795. The van der Waals surface area contributed by atoms with Crippen LogP contribution < -0.4 is 0 Å². The van der Waals surface area contributed by atoms with Gasteiger partial charge in [-0.1, -0.05) is 147 Å². The topological polar surface area (TPSA) is 99.1 Å². The summed E-state index contributed by atoms with van der Waals surface area (Å²) in [5.74, 6) is -1.47. The van der Waals surface area contributed by atoms with Crippen LogP contribution in [-0.4, -0.2) is 80.6 Å². The number of quaternary nitrogens is 1. The third kappa shape index (κ3) is 33.4. The van der Waals surface area contributed by atoms with Crippen molar-refractivity contribution in [3.8, 4) is 0 Å². The standard InChI is InChI=1S/C44H79NO7/c1-6-8-10-12-14-16-17-18-19-20-21-22-23-24-25-27-28-30-32-34-42(46)51-39-40(38-50-37-36-41(44(48)49)45(3,4)5)52-43(47)35-33-31-29-26-15-13-11-9-7-2/h8,10,14,16,18-19,40-41H,6-7,9,11-13,15,17,20-39H2,1-5H3/p+1/b10-8+,16-14+,19-18+. The number of likely N-dealkylation sites (N-methyl/N-ethyl adjacent to an activating group) is 1. The van der Waals surface area contributed by atoms with Crippen LogP contribution in [0, 0.1) is 0 Å².